The third-order valence-electron chi connectivity index (χ3n) is 4.28. The van der Waals surface area contributed by atoms with Crippen molar-refractivity contribution in [3.63, 3.8) is 0 Å². The Morgan fingerprint density at radius 1 is 1.15 bits per heavy atom. The molecule has 0 bridgehead atoms. The van der Waals surface area contributed by atoms with Crippen LogP contribution < -0.4 is 5.32 Å². The second-order valence-electron chi connectivity index (χ2n) is 5.89. The predicted octanol–water partition coefficient (Wildman–Crippen LogP) is 4.75. The molecule has 1 aromatic carbocycles. The second kappa shape index (κ2) is 5.70. The van der Waals surface area contributed by atoms with Gasteiger partial charge in [0.2, 0.25) is 5.95 Å². The smallest absolute Gasteiger partial charge is 0.207 e. The molecule has 2 aromatic rings. The highest BCUT2D eigenvalue weighted by molar-refractivity contribution is 5.59. The van der Waals surface area contributed by atoms with E-state index in [-0.39, 0.29) is 0 Å². The summed E-state index contributed by atoms with van der Waals surface area (Å²) in [5.74, 6) is 0.977. The summed E-state index contributed by atoms with van der Waals surface area (Å²) in [4.78, 5) is 4.51. The van der Waals surface area contributed by atoms with Crippen molar-refractivity contribution in [2.75, 3.05) is 5.32 Å². The molecule has 0 radical (unpaired) electrons. The van der Waals surface area contributed by atoms with Gasteiger partial charge in [-0.05, 0) is 43.9 Å². The zero-order chi connectivity index (χ0) is 13.9. The maximum Gasteiger partial charge on any atom is 0.207 e. The van der Waals surface area contributed by atoms with Gasteiger partial charge in [0.1, 0.15) is 0 Å². The first-order valence-electron chi connectivity index (χ1n) is 7.61. The maximum absolute atomic E-state index is 4.51. The minimum Gasteiger partial charge on any atom is -0.325 e. The number of benzene rings is 1. The van der Waals surface area contributed by atoms with Gasteiger partial charge in [0, 0.05) is 24.1 Å². The molecule has 0 spiro atoms. The largest absolute Gasteiger partial charge is 0.325 e. The van der Waals surface area contributed by atoms with Crippen molar-refractivity contribution in [1.82, 2.24) is 9.55 Å². The van der Waals surface area contributed by atoms with Crippen molar-refractivity contribution in [3.8, 4) is 0 Å². The normalized spacial score (nSPS) is 16.3. The summed E-state index contributed by atoms with van der Waals surface area (Å²) >= 11 is 0. The molecule has 1 fully saturated rings. The molecule has 0 unspecified atom stereocenters. The Morgan fingerprint density at radius 3 is 2.75 bits per heavy atom. The summed E-state index contributed by atoms with van der Waals surface area (Å²) in [5, 5.41) is 3.51. The highest BCUT2D eigenvalue weighted by atomic mass is 15.2. The van der Waals surface area contributed by atoms with E-state index in [1.165, 1.54) is 43.2 Å². The van der Waals surface area contributed by atoms with Crippen molar-refractivity contribution in [2.45, 2.75) is 52.0 Å². The van der Waals surface area contributed by atoms with Crippen molar-refractivity contribution >= 4 is 11.6 Å². The Balaban J connectivity index is 1.84. The standard InChI is InChI=1S/C17H23N3/c1-13-8-9-14(2)16(12-13)19-17-18-10-11-20(17)15-6-4-3-5-7-15/h8-12,15H,3-7H2,1-2H3,(H,18,19). The molecule has 0 amide bonds. The van der Waals surface area contributed by atoms with Crippen LogP contribution in [0.25, 0.3) is 0 Å². The lowest BCUT2D eigenvalue weighted by atomic mass is 9.95. The lowest BCUT2D eigenvalue weighted by Crippen LogP contribution is -2.14. The van der Waals surface area contributed by atoms with Gasteiger partial charge in [-0.25, -0.2) is 4.98 Å². The summed E-state index contributed by atoms with van der Waals surface area (Å²) in [5.41, 5.74) is 3.69. The van der Waals surface area contributed by atoms with Crippen LogP contribution in [0.15, 0.2) is 30.6 Å². The number of anilines is 2. The zero-order valence-electron chi connectivity index (χ0n) is 12.4. The molecule has 0 saturated heterocycles. The van der Waals surface area contributed by atoms with E-state index < -0.39 is 0 Å². The van der Waals surface area contributed by atoms with Crippen molar-refractivity contribution in [2.24, 2.45) is 0 Å². The number of hydrogen-bond donors (Lipinski definition) is 1. The van der Waals surface area contributed by atoms with E-state index in [9.17, 15) is 0 Å². The zero-order valence-corrected chi connectivity index (χ0v) is 12.4. The molecule has 3 rings (SSSR count). The number of aryl methyl sites for hydroxylation is 2. The van der Waals surface area contributed by atoms with Crippen LogP contribution in [0.4, 0.5) is 11.6 Å². The van der Waals surface area contributed by atoms with Crippen LogP contribution in [0.5, 0.6) is 0 Å². The molecule has 1 aromatic heterocycles. The lowest BCUT2D eigenvalue weighted by Gasteiger charge is -2.25. The average molecular weight is 269 g/mol. The molecule has 1 saturated carbocycles. The first-order chi connectivity index (χ1) is 9.74. The Morgan fingerprint density at radius 2 is 1.95 bits per heavy atom. The van der Waals surface area contributed by atoms with E-state index in [1.54, 1.807) is 0 Å². The van der Waals surface area contributed by atoms with Crippen LogP contribution in [0, 0.1) is 13.8 Å². The third kappa shape index (κ3) is 2.72. The van der Waals surface area contributed by atoms with Crippen LogP contribution in [-0.4, -0.2) is 9.55 Å². The van der Waals surface area contributed by atoms with Crippen molar-refractivity contribution < 1.29 is 0 Å². The summed E-state index contributed by atoms with van der Waals surface area (Å²) in [6, 6.07) is 7.11. The molecule has 1 heterocycles. The van der Waals surface area contributed by atoms with Gasteiger partial charge in [-0.3, -0.25) is 0 Å². The first kappa shape index (κ1) is 13.2. The molecule has 3 nitrogen and oxygen atoms in total. The number of hydrogen-bond acceptors (Lipinski definition) is 2. The molecule has 1 aliphatic rings. The van der Waals surface area contributed by atoms with Crippen molar-refractivity contribution in [3.05, 3.63) is 41.7 Å². The fourth-order valence-corrected chi connectivity index (χ4v) is 3.05. The van der Waals surface area contributed by atoms with Crippen LogP contribution in [-0.2, 0) is 0 Å². The third-order valence-corrected chi connectivity index (χ3v) is 4.28. The van der Waals surface area contributed by atoms with Gasteiger partial charge < -0.3 is 9.88 Å². The summed E-state index contributed by atoms with van der Waals surface area (Å²) in [6.07, 6.45) is 10.6. The van der Waals surface area contributed by atoms with Gasteiger partial charge in [-0.2, -0.15) is 0 Å². The average Bonchev–Trinajstić information content (AvgIpc) is 2.92. The van der Waals surface area contributed by atoms with E-state index in [2.05, 4.69) is 53.1 Å². The molecule has 1 N–H and O–H groups in total. The minimum absolute atomic E-state index is 0.610. The van der Waals surface area contributed by atoms with Gasteiger partial charge in [0.25, 0.3) is 0 Å². The van der Waals surface area contributed by atoms with E-state index in [1.807, 2.05) is 6.20 Å². The predicted molar refractivity (Wildman–Crippen MR) is 83.5 cm³/mol. The molecule has 1 aliphatic carbocycles. The van der Waals surface area contributed by atoms with E-state index in [0.29, 0.717) is 6.04 Å². The summed E-state index contributed by atoms with van der Waals surface area (Å²) in [6.45, 7) is 4.26. The molecular weight excluding hydrogens is 246 g/mol. The molecule has 106 valence electrons. The highest BCUT2D eigenvalue weighted by Gasteiger charge is 2.18. The Hall–Kier alpha value is -1.77. The number of rotatable bonds is 3. The van der Waals surface area contributed by atoms with E-state index in [4.69, 9.17) is 0 Å². The SMILES string of the molecule is Cc1ccc(C)c(Nc2nccn2C2CCCCC2)c1. The summed E-state index contributed by atoms with van der Waals surface area (Å²) < 4.78 is 2.32. The monoisotopic (exact) mass is 269 g/mol. The maximum atomic E-state index is 4.51. The fraction of sp³-hybridized carbons (Fsp3) is 0.471. The van der Waals surface area contributed by atoms with Crippen LogP contribution in [0.1, 0.15) is 49.3 Å². The number of nitrogens with one attached hydrogen (secondary N) is 1. The quantitative estimate of drug-likeness (QED) is 0.871. The highest BCUT2D eigenvalue weighted by Crippen LogP contribution is 2.31. The second-order valence-corrected chi connectivity index (χ2v) is 5.89. The first-order valence-corrected chi connectivity index (χ1v) is 7.61. The van der Waals surface area contributed by atoms with Gasteiger partial charge in [0.15, 0.2) is 0 Å². The van der Waals surface area contributed by atoms with Crippen LogP contribution in [0.3, 0.4) is 0 Å². The summed E-state index contributed by atoms with van der Waals surface area (Å²) in [7, 11) is 0. The van der Waals surface area contributed by atoms with Gasteiger partial charge in [-0.15, -0.1) is 0 Å². The Kier molecular flexibility index (Phi) is 3.77. The topological polar surface area (TPSA) is 29.9 Å². The van der Waals surface area contributed by atoms with E-state index in [0.717, 1.165) is 11.6 Å². The van der Waals surface area contributed by atoms with Gasteiger partial charge in [-0.1, -0.05) is 31.4 Å². The van der Waals surface area contributed by atoms with Gasteiger partial charge >= 0.3 is 0 Å². The minimum atomic E-state index is 0.610. The molecular formula is C17H23N3. The number of aromatic nitrogens is 2. The molecule has 0 aliphatic heterocycles. The van der Waals surface area contributed by atoms with Crippen LogP contribution in [0.2, 0.25) is 0 Å². The molecule has 0 atom stereocenters. The Labute approximate surface area is 121 Å². The molecule has 20 heavy (non-hydrogen) atoms. The van der Waals surface area contributed by atoms with E-state index >= 15 is 0 Å². The number of nitrogens with zero attached hydrogens (tertiary/aromatic N) is 2. The van der Waals surface area contributed by atoms with Crippen molar-refractivity contribution in [1.29, 1.82) is 0 Å². The lowest BCUT2D eigenvalue weighted by molar-refractivity contribution is 0.356. The van der Waals surface area contributed by atoms with Gasteiger partial charge in [0.05, 0.1) is 0 Å². The fourth-order valence-electron chi connectivity index (χ4n) is 3.05. The molecule has 3 heteroatoms. The van der Waals surface area contributed by atoms with Crippen LogP contribution >= 0.6 is 0 Å². The number of imidazole rings is 1. The Bertz CT molecular complexity index is 580.